The molecule has 0 spiro atoms. The third kappa shape index (κ3) is 6.07. The lowest BCUT2D eigenvalue weighted by Gasteiger charge is -2.15. The van der Waals surface area contributed by atoms with E-state index in [4.69, 9.17) is 16.0 Å². The molecular weight excluding hydrogens is 473 g/mol. The topological polar surface area (TPSA) is 89.2 Å². The third-order valence-electron chi connectivity index (χ3n) is 4.63. The predicted molar refractivity (Wildman–Crippen MR) is 123 cm³/mol. The van der Waals surface area contributed by atoms with Gasteiger partial charge in [0.05, 0.1) is 23.2 Å². The standard InChI is InChI=1S/C23H22ClF3N4O3/c1-13(2)12-31-21(24)16(14(3)30-31)7-9-20(32)29-18-8-6-15(11-17(18)23(25,26)27)28-22(33)19-5-4-10-34-19/h4-11,13H,12H2,1-3H3,(H,28,33)(H,29,32)/b9-7+. The predicted octanol–water partition coefficient (Wildman–Crippen LogP) is 6.02. The number of hydrogen-bond acceptors (Lipinski definition) is 4. The van der Waals surface area contributed by atoms with Gasteiger partial charge in [-0.15, -0.1) is 0 Å². The number of anilines is 2. The second kappa shape index (κ2) is 10.2. The van der Waals surface area contributed by atoms with Crippen molar-refractivity contribution in [1.29, 1.82) is 0 Å². The summed E-state index contributed by atoms with van der Waals surface area (Å²) in [5.41, 5.74) is -0.601. The van der Waals surface area contributed by atoms with Gasteiger partial charge in [-0.3, -0.25) is 14.3 Å². The third-order valence-corrected chi connectivity index (χ3v) is 5.03. The number of furan rings is 1. The van der Waals surface area contributed by atoms with E-state index in [1.165, 1.54) is 30.5 Å². The SMILES string of the molecule is Cc1nn(CC(C)C)c(Cl)c1/C=C/C(=O)Nc1ccc(NC(=O)c2ccco2)cc1C(F)(F)F. The van der Waals surface area contributed by atoms with E-state index in [1.807, 2.05) is 13.8 Å². The minimum Gasteiger partial charge on any atom is -0.459 e. The van der Waals surface area contributed by atoms with Crippen LogP contribution >= 0.6 is 11.6 Å². The number of halogens is 4. The van der Waals surface area contributed by atoms with Crippen molar-refractivity contribution in [1.82, 2.24) is 9.78 Å². The average Bonchev–Trinajstić information content (AvgIpc) is 3.36. The van der Waals surface area contributed by atoms with Crippen molar-refractivity contribution in [2.45, 2.75) is 33.5 Å². The largest absolute Gasteiger partial charge is 0.459 e. The van der Waals surface area contributed by atoms with Gasteiger partial charge in [0.2, 0.25) is 5.91 Å². The van der Waals surface area contributed by atoms with E-state index in [0.717, 1.165) is 18.2 Å². The quantitative estimate of drug-likeness (QED) is 0.393. The van der Waals surface area contributed by atoms with Crippen LogP contribution in [-0.2, 0) is 17.5 Å². The average molecular weight is 495 g/mol. The molecule has 2 amide bonds. The van der Waals surface area contributed by atoms with Crippen molar-refractivity contribution in [2.75, 3.05) is 10.6 Å². The molecule has 34 heavy (non-hydrogen) atoms. The van der Waals surface area contributed by atoms with Crippen molar-refractivity contribution >= 4 is 40.9 Å². The lowest BCUT2D eigenvalue weighted by molar-refractivity contribution is -0.136. The molecule has 2 heterocycles. The fourth-order valence-corrected chi connectivity index (χ4v) is 3.43. The van der Waals surface area contributed by atoms with Gasteiger partial charge in [-0.05, 0) is 49.2 Å². The van der Waals surface area contributed by atoms with Crippen LogP contribution in [0.4, 0.5) is 24.5 Å². The zero-order valence-electron chi connectivity index (χ0n) is 18.5. The fraction of sp³-hybridized carbons (Fsp3) is 0.261. The normalized spacial score (nSPS) is 11.9. The highest BCUT2D eigenvalue weighted by Crippen LogP contribution is 2.37. The lowest BCUT2D eigenvalue weighted by atomic mass is 10.1. The summed E-state index contributed by atoms with van der Waals surface area (Å²) >= 11 is 6.33. The fourth-order valence-electron chi connectivity index (χ4n) is 3.12. The number of alkyl halides is 3. The van der Waals surface area contributed by atoms with E-state index in [0.29, 0.717) is 28.9 Å². The molecule has 7 nitrogen and oxygen atoms in total. The molecule has 1 aromatic carbocycles. The van der Waals surface area contributed by atoms with Gasteiger partial charge in [-0.2, -0.15) is 18.3 Å². The van der Waals surface area contributed by atoms with Crippen LogP contribution in [-0.4, -0.2) is 21.6 Å². The Kier molecular flexibility index (Phi) is 7.51. The Balaban J connectivity index is 1.78. The van der Waals surface area contributed by atoms with Gasteiger partial charge in [-0.25, -0.2) is 0 Å². The van der Waals surface area contributed by atoms with Gasteiger partial charge in [0.15, 0.2) is 5.76 Å². The van der Waals surface area contributed by atoms with Crippen LogP contribution in [0.2, 0.25) is 5.15 Å². The Bertz CT molecular complexity index is 1220. The number of amides is 2. The lowest BCUT2D eigenvalue weighted by Crippen LogP contribution is -2.16. The van der Waals surface area contributed by atoms with Gasteiger partial charge in [0.25, 0.3) is 5.91 Å². The molecule has 0 radical (unpaired) electrons. The molecule has 0 aliphatic heterocycles. The molecule has 0 atom stereocenters. The smallest absolute Gasteiger partial charge is 0.418 e. The van der Waals surface area contributed by atoms with Crippen molar-refractivity contribution in [2.24, 2.45) is 5.92 Å². The number of nitrogens with zero attached hydrogens (tertiary/aromatic N) is 2. The Morgan fingerprint density at radius 2 is 1.97 bits per heavy atom. The van der Waals surface area contributed by atoms with Crippen molar-refractivity contribution in [3.8, 4) is 0 Å². The molecule has 3 rings (SSSR count). The van der Waals surface area contributed by atoms with Crippen LogP contribution in [0.3, 0.4) is 0 Å². The highest BCUT2D eigenvalue weighted by atomic mass is 35.5. The number of rotatable bonds is 7. The van der Waals surface area contributed by atoms with Crippen molar-refractivity contribution in [3.05, 3.63) is 70.4 Å². The molecule has 11 heteroatoms. The second-order valence-electron chi connectivity index (χ2n) is 7.88. The van der Waals surface area contributed by atoms with Gasteiger partial charge >= 0.3 is 6.18 Å². The van der Waals surface area contributed by atoms with Crippen LogP contribution in [0.25, 0.3) is 6.08 Å². The molecule has 0 unspecified atom stereocenters. The second-order valence-corrected chi connectivity index (χ2v) is 8.24. The number of aryl methyl sites for hydroxylation is 1. The Morgan fingerprint density at radius 3 is 2.59 bits per heavy atom. The minimum atomic E-state index is -4.78. The van der Waals surface area contributed by atoms with Crippen molar-refractivity contribution in [3.63, 3.8) is 0 Å². The summed E-state index contributed by atoms with van der Waals surface area (Å²) in [4.78, 5) is 24.4. The molecule has 180 valence electrons. The van der Waals surface area contributed by atoms with Crippen LogP contribution < -0.4 is 10.6 Å². The van der Waals surface area contributed by atoms with E-state index in [-0.39, 0.29) is 11.4 Å². The summed E-state index contributed by atoms with van der Waals surface area (Å²) < 4.78 is 47.4. The molecule has 0 aliphatic carbocycles. The Morgan fingerprint density at radius 1 is 1.24 bits per heavy atom. The van der Waals surface area contributed by atoms with E-state index >= 15 is 0 Å². The molecule has 0 saturated heterocycles. The Labute approximate surface area is 198 Å². The summed E-state index contributed by atoms with van der Waals surface area (Å²) in [6.45, 7) is 6.31. The van der Waals surface area contributed by atoms with Crippen molar-refractivity contribution < 1.29 is 27.2 Å². The maximum atomic E-state index is 13.6. The summed E-state index contributed by atoms with van der Waals surface area (Å²) in [5, 5.41) is 9.21. The maximum absolute atomic E-state index is 13.6. The van der Waals surface area contributed by atoms with Gasteiger partial charge < -0.3 is 15.1 Å². The minimum absolute atomic E-state index is 0.0539. The van der Waals surface area contributed by atoms with Gasteiger partial charge in [-0.1, -0.05) is 25.4 Å². The first-order chi connectivity index (χ1) is 16.0. The van der Waals surface area contributed by atoms with E-state index in [2.05, 4.69) is 15.7 Å². The summed E-state index contributed by atoms with van der Waals surface area (Å²) in [7, 11) is 0. The monoisotopic (exact) mass is 494 g/mol. The number of hydrogen-bond donors (Lipinski definition) is 2. The maximum Gasteiger partial charge on any atom is 0.418 e. The molecule has 0 bridgehead atoms. The molecular formula is C23H22ClF3N4O3. The zero-order chi connectivity index (χ0) is 25.0. The summed E-state index contributed by atoms with van der Waals surface area (Å²) in [5.74, 6) is -1.25. The molecule has 2 aromatic heterocycles. The molecule has 3 aromatic rings. The van der Waals surface area contributed by atoms with Gasteiger partial charge in [0, 0.05) is 23.9 Å². The number of carbonyl (C=O) groups is 2. The van der Waals surface area contributed by atoms with E-state index in [1.54, 1.807) is 11.6 Å². The van der Waals surface area contributed by atoms with Crippen LogP contribution in [0.1, 0.15) is 41.2 Å². The first kappa shape index (κ1) is 25.1. The van der Waals surface area contributed by atoms with Crippen LogP contribution in [0, 0.1) is 12.8 Å². The number of carbonyl (C=O) groups excluding carboxylic acids is 2. The molecule has 0 aliphatic rings. The number of nitrogens with one attached hydrogen (secondary N) is 2. The first-order valence-corrected chi connectivity index (χ1v) is 10.6. The summed E-state index contributed by atoms with van der Waals surface area (Å²) in [6.07, 6.45) is -1.02. The Hall–Kier alpha value is -3.53. The van der Waals surface area contributed by atoms with Gasteiger partial charge in [0.1, 0.15) is 5.15 Å². The van der Waals surface area contributed by atoms with E-state index < -0.39 is 29.2 Å². The van der Waals surface area contributed by atoms with E-state index in [9.17, 15) is 22.8 Å². The molecule has 2 N–H and O–H groups in total. The molecule has 0 fully saturated rings. The van der Waals surface area contributed by atoms with Crippen LogP contribution in [0.5, 0.6) is 0 Å². The number of benzene rings is 1. The number of aromatic nitrogens is 2. The zero-order valence-corrected chi connectivity index (χ0v) is 19.3. The van der Waals surface area contributed by atoms with Crippen LogP contribution in [0.15, 0.2) is 47.1 Å². The summed E-state index contributed by atoms with van der Waals surface area (Å²) in [6, 6.07) is 5.89. The highest BCUT2D eigenvalue weighted by molar-refractivity contribution is 6.31. The first-order valence-electron chi connectivity index (χ1n) is 10.2. The highest BCUT2D eigenvalue weighted by Gasteiger charge is 2.34. The molecule has 0 saturated carbocycles.